The third-order valence-electron chi connectivity index (χ3n) is 7.39. The molecule has 39 heavy (non-hydrogen) atoms. The average Bonchev–Trinajstić information content (AvgIpc) is 2.94. The van der Waals surface area contributed by atoms with Crippen molar-refractivity contribution in [3.8, 4) is 0 Å². The summed E-state index contributed by atoms with van der Waals surface area (Å²) in [5.41, 5.74) is 8.94. The predicted octanol–water partition coefficient (Wildman–Crippen LogP) is 5.89. The van der Waals surface area contributed by atoms with Crippen molar-refractivity contribution in [1.29, 1.82) is 0 Å². The number of hydrazine groups is 1. The molecule has 0 bridgehead atoms. The molecule has 0 aliphatic rings. The molecule has 0 atom stereocenters. The monoisotopic (exact) mass is 555 g/mol. The van der Waals surface area contributed by atoms with Crippen molar-refractivity contribution < 1.29 is 4.79 Å². The molecule has 0 saturated heterocycles. The number of nitrogens with two attached hydrogens (primary N) is 1. The maximum Gasteiger partial charge on any atom is 0.235 e. The zero-order chi connectivity index (χ0) is 28.5. The molecule has 0 aromatic rings. The molecule has 0 spiro atoms. The third-order valence-corrected chi connectivity index (χ3v) is 7.39. The number of unbranched alkanes of at least 4 members (excludes halogenated alkanes) is 15. The first-order valence-corrected chi connectivity index (χ1v) is 17.1. The van der Waals surface area contributed by atoms with Gasteiger partial charge in [-0.2, -0.15) is 0 Å². The van der Waals surface area contributed by atoms with E-state index >= 15 is 0 Å². The molecule has 6 N–H and O–H groups in total. The Bertz CT molecular complexity index is 460. The number of nitrogens with one attached hydrogen (secondary N) is 4. The summed E-state index contributed by atoms with van der Waals surface area (Å²) in [6.07, 6.45) is 25.8. The van der Waals surface area contributed by atoms with Gasteiger partial charge in [0.05, 0.1) is 6.54 Å². The van der Waals surface area contributed by atoms with Crippen LogP contribution in [0.4, 0.5) is 0 Å². The van der Waals surface area contributed by atoms with Gasteiger partial charge in [0, 0.05) is 19.6 Å². The highest BCUT2D eigenvalue weighted by Crippen LogP contribution is 2.10. The highest BCUT2D eigenvalue weighted by molar-refractivity contribution is 5.77. The second-order valence-electron chi connectivity index (χ2n) is 11.3. The van der Waals surface area contributed by atoms with Crippen LogP contribution in [-0.4, -0.2) is 69.8 Å². The predicted molar refractivity (Wildman–Crippen MR) is 171 cm³/mol. The van der Waals surface area contributed by atoms with Gasteiger partial charge in [0.25, 0.3) is 0 Å². The second-order valence-corrected chi connectivity index (χ2v) is 11.3. The van der Waals surface area contributed by atoms with Crippen LogP contribution in [-0.2, 0) is 4.79 Å². The highest BCUT2D eigenvalue weighted by Gasteiger charge is 2.07. The van der Waals surface area contributed by atoms with Gasteiger partial charge in [-0.05, 0) is 71.2 Å². The number of hydrogen-bond acceptors (Lipinski definition) is 6. The first-order chi connectivity index (χ1) is 19.2. The molecule has 7 nitrogen and oxygen atoms in total. The lowest BCUT2D eigenvalue weighted by Gasteiger charge is -2.23. The minimum absolute atomic E-state index is 0.107. The number of rotatable bonds is 33. The summed E-state index contributed by atoms with van der Waals surface area (Å²) in [6.45, 7) is 12.6. The Morgan fingerprint density at radius 1 is 0.538 bits per heavy atom. The molecule has 0 saturated carbocycles. The molecule has 0 aliphatic heterocycles. The van der Waals surface area contributed by atoms with E-state index in [1.807, 2.05) is 0 Å². The molecule has 0 radical (unpaired) electrons. The van der Waals surface area contributed by atoms with Gasteiger partial charge >= 0.3 is 0 Å². The van der Waals surface area contributed by atoms with Crippen LogP contribution in [0.25, 0.3) is 0 Å². The minimum Gasteiger partial charge on any atom is -0.355 e. The normalized spacial score (nSPS) is 11.5. The minimum atomic E-state index is 0.107. The fraction of sp³-hybridized carbons (Fsp3) is 0.969. The molecule has 7 heteroatoms. The summed E-state index contributed by atoms with van der Waals surface area (Å²) >= 11 is 0. The van der Waals surface area contributed by atoms with Crippen LogP contribution in [0.15, 0.2) is 0 Å². The van der Waals surface area contributed by atoms with Crippen molar-refractivity contribution in [2.75, 3.05) is 58.9 Å². The Kier molecular flexibility index (Phi) is 32.8. The average molecular weight is 555 g/mol. The first kappa shape index (κ1) is 38.3. The Morgan fingerprint density at radius 3 is 1.46 bits per heavy atom. The number of amides is 1. The molecule has 0 unspecified atom stereocenters. The number of carbonyl (C=O) groups excluding carboxylic acids is 1. The van der Waals surface area contributed by atoms with Crippen LogP contribution in [0.1, 0.15) is 142 Å². The van der Waals surface area contributed by atoms with Gasteiger partial charge in [0.1, 0.15) is 0 Å². The van der Waals surface area contributed by atoms with E-state index in [-0.39, 0.29) is 5.91 Å². The van der Waals surface area contributed by atoms with Crippen molar-refractivity contribution in [3.05, 3.63) is 0 Å². The zero-order valence-electron chi connectivity index (χ0n) is 26.4. The van der Waals surface area contributed by atoms with Crippen LogP contribution in [0, 0.1) is 0 Å². The lowest BCUT2D eigenvalue weighted by atomic mass is 10.1. The Balaban J connectivity index is 3.93. The quantitative estimate of drug-likeness (QED) is 0.0513. The summed E-state index contributed by atoms with van der Waals surface area (Å²) < 4.78 is 0. The fourth-order valence-electron chi connectivity index (χ4n) is 4.81. The van der Waals surface area contributed by atoms with Crippen LogP contribution in [0.3, 0.4) is 0 Å². The number of nitrogens with zero attached hydrogens (tertiary/aromatic N) is 1. The molecule has 0 aromatic carbocycles. The zero-order valence-corrected chi connectivity index (χ0v) is 26.4. The van der Waals surface area contributed by atoms with Crippen LogP contribution >= 0.6 is 0 Å². The van der Waals surface area contributed by atoms with Gasteiger partial charge < -0.3 is 21.7 Å². The van der Waals surface area contributed by atoms with Crippen molar-refractivity contribution in [1.82, 2.24) is 26.4 Å². The number of carbonyl (C=O) groups is 1. The van der Waals surface area contributed by atoms with E-state index in [4.69, 9.17) is 5.73 Å². The SMILES string of the molecule is CCCCCCCCCCN(CCCCCCCCCC)NCC(=O)NCCCNCCCCNCCCN. The van der Waals surface area contributed by atoms with E-state index < -0.39 is 0 Å². The molecule has 0 fully saturated rings. The molecular weight excluding hydrogens is 484 g/mol. The van der Waals surface area contributed by atoms with Crippen molar-refractivity contribution >= 4 is 5.91 Å². The van der Waals surface area contributed by atoms with E-state index in [1.165, 1.54) is 116 Å². The van der Waals surface area contributed by atoms with Gasteiger partial charge in [0.15, 0.2) is 0 Å². The molecule has 0 aromatic heterocycles. The van der Waals surface area contributed by atoms with E-state index in [9.17, 15) is 4.79 Å². The number of hydrogen-bond donors (Lipinski definition) is 5. The standard InChI is InChI=1S/C32H70N6O/c1-3-5-7-9-11-13-15-19-29-38(30-20-16-14-12-10-8-6-4-2)37-31-32(39)36-28-22-27-35-25-18-17-24-34-26-21-23-33/h34-35,37H,3-31,33H2,1-2H3,(H,36,39). The third kappa shape index (κ3) is 31.7. The molecule has 1 amide bonds. The highest BCUT2D eigenvalue weighted by atomic mass is 16.2. The Morgan fingerprint density at radius 2 is 0.974 bits per heavy atom. The largest absolute Gasteiger partial charge is 0.355 e. The summed E-state index contributed by atoms with van der Waals surface area (Å²) in [7, 11) is 0. The van der Waals surface area contributed by atoms with Gasteiger partial charge in [0.2, 0.25) is 5.91 Å². The summed E-state index contributed by atoms with van der Waals surface area (Å²) in [4.78, 5) is 12.4. The van der Waals surface area contributed by atoms with Crippen molar-refractivity contribution in [2.24, 2.45) is 5.73 Å². The smallest absolute Gasteiger partial charge is 0.235 e. The summed E-state index contributed by atoms with van der Waals surface area (Å²) in [5, 5.41) is 12.3. The van der Waals surface area contributed by atoms with Gasteiger partial charge in [-0.25, -0.2) is 10.4 Å². The van der Waals surface area contributed by atoms with E-state index in [0.29, 0.717) is 6.54 Å². The topological polar surface area (TPSA) is 94.5 Å². The Hall–Kier alpha value is -0.730. The lowest BCUT2D eigenvalue weighted by molar-refractivity contribution is -0.121. The second kappa shape index (κ2) is 33.5. The molecule has 0 aliphatic carbocycles. The van der Waals surface area contributed by atoms with Crippen LogP contribution in [0.5, 0.6) is 0 Å². The van der Waals surface area contributed by atoms with E-state index in [0.717, 1.165) is 65.2 Å². The van der Waals surface area contributed by atoms with Gasteiger partial charge in [-0.1, -0.05) is 104 Å². The molecule has 234 valence electrons. The van der Waals surface area contributed by atoms with Crippen LogP contribution in [0.2, 0.25) is 0 Å². The first-order valence-electron chi connectivity index (χ1n) is 17.1. The van der Waals surface area contributed by atoms with Crippen molar-refractivity contribution in [2.45, 2.75) is 142 Å². The summed E-state index contributed by atoms with van der Waals surface area (Å²) in [6, 6.07) is 0. The Labute approximate surface area is 243 Å². The fourth-order valence-corrected chi connectivity index (χ4v) is 4.81. The lowest BCUT2D eigenvalue weighted by Crippen LogP contribution is -2.45. The van der Waals surface area contributed by atoms with Gasteiger partial charge in [-0.15, -0.1) is 0 Å². The maximum atomic E-state index is 12.4. The van der Waals surface area contributed by atoms with Crippen LogP contribution < -0.4 is 27.1 Å². The van der Waals surface area contributed by atoms with E-state index in [1.54, 1.807) is 0 Å². The molecular formula is C32H70N6O. The summed E-state index contributed by atoms with van der Waals surface area (Å²) in [5.74, 6) is 0.107. The maximum absolute atomic E-state index is 12.4. The van der Waals surface area contributed by atoms with Crippen molar-refractivity contribution in [3.63, 3.8) is 0 Å². The molecule has 0 heterocycles. The van der Waals surface area contributed by atoms with E-state index in [2.05, 4.69) is 40.2 Å². The molecule has 0 rings (SSSR count). The van der Waals surface area contributed by atoms with Gasteiger partial charge in [-0.3, -0.25) is 4.79 Å².